The Balaban J connectivity index is 1.41. The minimum Gasteiger partial charge on any atom is -0.478 e. The van der Waals surface area contributed by atoms with Gasteiger partial charge in [-0.15, -0.1) is 0 Å². The van der Waals surface area contributed by atoms with Crippen molar-refractivity contribution in [3.05, 3.63) is 107 Å². The third-order valence-electron chi connectivity index (χ3n) is 5.69. The third-order valence-corrected chi connectivity index (χ3v) is 6.40. The van der Waals surface area contributed by atoms with Crippen LogP contribution in [0.4, 0.5) is 14.6 Å². The van der Waals surface area contributed by atoms with E-state index in [4.69, 9.17) is 15.7 Å². The molecule has 0 amide bonds. The van der Waals surface area contributed by atoms with Crippen molar-refractivity contribution in [1.82, 2.24) is 14.9 Å². The van der Waals surface area contributed by atoms with Gasteiger partial charge in [-0.1, -0.05) is 23.1 Å². The number of carbonyl (C=O) groups is 1. The average Bonchev–Trinajstić information content (AvgIpc) is 2.90. The Labute approximate surface area is 218 Å². The number of halogens is 2. The lowest BCUT2D eigenvalue weighted by Crippen LogP contribution is -2.17. The number of carboxylic acids is 1. The highest BCUT2D eigenvalue weighted by Gasteiger charge is 2.12. The molecule has 38 heavy (non-hydrogen) atoms. The molecule has 5 N–H and O–H groups in total. The van der Waals surface area contributed by atoms with Crippen molar-refractivity contribution < 1.29 is 23.5 Å². The number of aromatic amines is 1. The van der Waals surface area contributed by atoms with Gasteiger partial charge in [-0.25, -0.2) is 18.6 Å². The number of aromatic carboxylic acids is 1. The van der Waals surface area contributed by atoms with Crippen LogP contribution >= 0.6 is 11.9 Å². The Hall–Kier alpha value is -4.74. The van der Waals surface area contributed by atoms with E-state index in [9.17, 15) is 18.4 Å². The first kappa shape index (κ1) is 24.9. The Morgan fingerprint density at radius 2 is 1.74 bits per heavy atom. The number of nitrogens with zero attached hydrogens (tertiary/aromatic N) is 1. The number of rotatable bonds is 7. The first-order valence-electron chi connectivity index (χ1n) is 11.1. The van der Waals surface area contributed by atoms with Gasteiger partial charge in [0.2, 0.25) is 5.75 Å². The van der Waals surface area contributed by atoms with Crippen LogP contribution in [0.25, 0.3) is 33.2 Å². The normalized spacial score (nSPS) is 11.0. The second kappa shape index (κ2) is 10.3. The molecule has 190 valence electrons. The fourth-order valence-corrected chi connectivity index (χ4v) is 4.28. The quantitative estimate of drug-likeness (QED) is 0.162. The van der Waals surface area contributed by atoms with Crippen LogP contribution in [0, 0.1) is 11.6 Å². The number of anilines is 1. The first-order chi connectivity index (χ1) is 18.3. The summed E-state index contributed by atoms with van der Waals surface area (Å²) in [6, 6.07) is 18.3. The van der Waals surface area contributed by atoms with Gasteiger partial charge in [0.25, 0.3) is 5.56 Å². The van der Waals surface area contributed by atoms with Crippen LogP contribution in [0.5, 0.6) is 5.75 Å². The fraction of sp³-hybridized carbons (Fsp3) is 0. The molecule has 2 heterocycles. The van der Waals surface area contributed by atoms with Crippen molar-refractivity contribution in [3.8, 4) is 28.0 Å². The molecule has 11 heteroatoms. The number of H-pyrrole nitrogens is 1. The number of hydrogen-bond donors (Lipinski definition) is 4. The molecule has 2 aromatic heterocycles. The number of hydrogen-bond acceptors (Lipinski definition) is 7. The molecule has 0 aliphatic carbocycles. The summed E-state index contributed by atoms with van der Waals surface area (Å²) >= 11 is 0.747. The number of pyridine rings is 2. The van der Waals surface area contributed by atoms with Gasteiger partial charge in [-0.3, -0.25) is 4.79 Å². The van der Waals surface area contributed by atoms with Crippen LogP contribution < -0.4 is 21.0 Å². The highest BCUT2D eigenvalue weighted by molar-refractivity contribution is 7.97. The van der Waals surface area contributed by atoms with Gasteiger partial charge in [-0.2, -0.15) is 0 Å². The lowest BCUT2D eigenvalue weighted by molar-refractivity contribution is 0.0697. The Morgan fingerprint density at radius 3 is 2.47 bits per heavy atom. The Bertz CT molecular complexity index is 1740. The van der Waals surface area contributed by atoms with Gasteiger partial charge in [0, 0.05) is 28.8 Å². The minimum absolute atomic E-state index is 0.0627. The molecule has 0 saturated carbocycles. The molecular formula is C27H18F2N4O4S. The number of aromatic nitrogens is 2. The molecular weight excluding hydrogens is 514 g/mol. The largest absolute Gasteiger partial charge is 0.478 e. The van der Waals surface area contributed by atoms with Crippen LogP contribution in [0.1, 0.15) is 10.4 Å². The predicted octanol–water partition coefficient (Wildman–Crippen LogP) is 5.41. The highest BCUT2D eigenvalue weighted by atomic mass is 32.2. The highest BCUT2D eigenvalue weighted by Crippen LogP contribution is 2.31. The summed E-state index contributed by atoms with van der Waals surface area (Å²) in [4.78, 5) is 38.4. The zero-order valence-corrected chi connectivity index (χ0v) is 20.2. The SMILES string of the molecule is Nc1nc2ccc(-c3c[nH]c(=O)c(ONSc4ccc(F)cc4F)c3)cc2cc1-c1ccc(C(=O)O)cc1. The summed E-state index contributed by atoms with van der Waals surface area (Å²) in [6.45, 7) is 0. The Kier molecular flexibility index (Phi) is 6.77. The number of nitrogens with one attached hydrogen (secondary N) is 2. The van der Waals surface area contributed by atoms with E-state index in [1.54, 1.807) is 18.2 Å². The Morgan fingerprint density at radius 1 is 0.974 bits per heavy atom. The molecule has 0 aliphatic heterocycles. The van der Waals surface area contributed by atoms with Crippen molar-refractivity contribution >= 4 is 34.6 Å². The van der Waals surface area contributed by atoms with Crippen LogP contribution in [0.2, 0.25) is 0 Å². The molecule has 0 bridgehead atoms. The molecule has 5 rings (SSSR count). The summed E-state index contributed by atoms with van der Waals surface area (Å²) in [7, 11) is 0. The van der Waals surface area contributed by atoms with E-state index in [2.05, 4.69) is 14.9 Å². The second-order valence-electron chi connectivity index (χ2n) is 8.16. The predicted molar refractivity (Wildman–Crippen MR) is 141 cm³/mol. The van der Waals surface area contributed by atoms with Gasteiger partial charge in [-0.05, 0) is 71.6 Å². The molecule has 0 spiro atoms. The van der Waals surface area contributed by atoms with Gasteiger partial charge < -0.3 is 20.7 Å². The van der Waals surface area contributed by atoms with Gasteiger partial charge in [0.05, 0.1) is 16.0 Å². The number of fused-ring (bicyclic) bond motifs is 1. The van der Waals surface area contributed by atoms with Crippen molar-refractivity contribution in [2.45, 2.75) is 4.90 Å². The zero-order valence-electron chi connectivity index (χ0n) is 19.4. The summed E-state index contributed by atoms with van der Waals surface area (Å²) in [5, 5.41) is 9.90. The molecule has 0 fully saturated rings. The van der Waals surface area contributed by atoms with E-state index >= 15 is 0 Å². The number of nitrogen functional groups attached to an aromatic ring is 1. The number of carboxylic acid groups (broad SMARTS) is 1. The fourth-order valence-electron chi connectivity index (χ4n) is 3.77. The van der Waals surface area contributed by atoms with Gasteiger partial charge in [0.15, 0.2) is 0 Å². The van der Waals surface area contributed by atoms with Crippen molar-refractivity contribution in [2.24, 2.45) is 0 Å². The topological polar surface area (TPSA) is 130 Å². The van der Waals surface area contributed by atoms with E-state index in [0.717, 1.165) is 35.0 Å². The van der Waals surface area contributed by atoms with Crippen LogP contribution in [0.15, 0.2) is 88.7 Å². The summed E-state index contributed by atoms with van der Waals surface area (Å²) in [5.41, 5.74) is 9.21. The second-order valence-corrected chi connectivity index (χ2v) is 8.97. The molecule has 5 aromatic rings. The van der Waals surface area contributed by atoms with E-state index in [1.807, 2.05) is 18.2 Å². The van der Waals surface area contributed by atoms with Gasteiger partial charge >= 0.3 is 5.97 Å². The van der Waals surface area contributed by atoms with Crippen molar-refractivity contribution in [1.29, 1.82) is 0 Å². The van der Waals surface area contributed by atoms with E-state index < -0.39 is 23.2 Å². The van der Waals surface area contributed by atoms with Crippen LogP contribution in [-0.4, -0.2) is 21.0 Å². The monoisotopic (exact) mass is 532 g/mol. The summed E-state index contributed by atoms with van der Waals surface area (Å²) in [6.07, 6.45) is 1.53. The first-order valence-corrected chi connectivity index (χ1v) is 11.9. The number of benzene rings is 3. The molecule has 0 aliphatic rings. The van der Waals surface area contributed by atoms with Gasteiger partial charge in [0.1, 0.15) is 17.5 Å². The lowest BCUT2D eigenvalue weighted by atomic mass is 10.00. The standard InChI is InChI=1S/C27H18F2N4O4S/c28-19-6-8-24(21(29)12-19)38-33-37-23-11-18(13-31-26(23)34)16-5-7-22-17(9-16)10-20(25(30)32-22)14-1-3-15(4-2-14)27(35)36/h1-13,33H,(H2,30,32)(H,31,34)(H,35,36). The van der Waals surface area contributed by atoms with Crippen LogP contribution in [-0.2, 0) is 0 Å². The average molecular weight is 533 g/mol. The zero-order chi connectivity index (χ0) is 26.8. The van der Waals surface area contributed by atoms with Crippen molar-refractivity contribution in [2.75, 3.05) is 5.73 Å². The summed E-state index contributed by atoms with van der Waals surface area (Å²) < 4.78 is 26.9. The van der Waals surface area contributed by atoms with E-state index in [0.29, 0.717) is 28.0 Å². The molecule has 0 atom stereocenters. The maximum Gasteiger partial charge on any atom is 0.335 e. The molecule has 0 saturated heterocycles. The minimum atomic E-state index is -1.02. The lowest BCUT2D eigenvalue weighted by Gasteiger charge is -2.10. The maximum atomic E-state index is 13.8. The third kappa shape index (κ3) is 5.19. The smallest absolute Gasteiger partial charge is 0.335 e. The summed E-state index contributed by atoms with van der Waals surface area (Å²) in [5.74, 6) is -2.25. The maximum absolute atomic E-state index is 13.8. The number of nitrogens with two attached hydrogens (primary N) is 1. The molecule has 0 unspecified atom stereocenters. The van der Waals surface area contributed by atoms with E-state index in [1.165, 1.54) is 30.5 Å². The van der Waals surface area contributed by atoms with E-state index in [-0.39, 0.29) is 16.2 Å². The molecule has 3 aromatic carbocycles. The van der Waals surface area contributed by atoms with Crippen molar-refractivity contribution in [3.63, 3.8) is 0 Å². The van der Waals surface area contributed by atoms with Crippen LogP contribution in [0.3, 0.4) is 0 Å². The molecule has 8 nitrogen and oxygen atoms in total. The molecule has 0 radical (unpaired) electrons.